The average Bonchev–Trinajstić information content (AvgIpc) is 2.54. The average molecular weight is 300 g/mol. The third-order valence-corrected chi connectivity index (χ3v) is 3.12. The molecular formula is C17H20N2O3. The predicted octanol–water partition coefficient (Wildman–Crippen LogP) is 3.37. The fourth-order valence-corrected chi connectivity index (χ4v) is 1.89. The maximum atomic E-state index is 11.8. The molecule has 0 bridgehead atoms. The zero-order valence-electron chi connectivity index (χ0n) is 12.5. The van der Waals surface area contributed by atoms with E-state index in [0.717, 1.165) is 5.75 Å². The third-order valence-electron chi connectivity index (χ3n) is 3.12. The lowest BCUT2D eigenvalue weighted by Gasteiger charge is -2.15. The molecule has 5 nitrogen and oxygen atoms in total. The van der Waals surface area contributed by atoms with Gasteiger partial charge in [0.1, 0.15) is 11.5 Å². The highest BCUT2D eigenvalue weighted by Gasteiger charge is 2.09. The molecule has 0 aliphatic rings. The number of ether oxygens (including phenoxy) is 1. The van der Waals surface area contributed by atoms with E-state index in [9.17, 15) is 4.79 Å². The molecule has 2 amide bonds. The van der Waals surface area contributed by atoms with Gasteiger partial charge in [-0.15, -0.1) is 0 Å². The van der Waals surface area contributed by atoms with Gasteiger partial charge in [-0.05, 0) is 30.7 Å². The minimum absolute atomic E-state index is 0.0823. The van der Waals surface area contributed by atoms with Crippen molar-refractivity contribution in [2.45, 2.75) is 19.4 Å². The smallest absolute Gasteiger partial charge is 0.319 e. The quantitative estimate of drug-likeness (QED) is 0.766. The zero-order chi connectivity index (χ0) is 15.8. The maximum absolute atomic E-state index is 11.8. The number of urea groups is 1. The molecule has 3 N–H and O–H groups in total. The molecule has 0 aliphatic heterocycles. The summed E-state index contributed by atoms with van der Waals surface area (Å²) in [4.78, 5) is 11.8. The van der Waals surface area contributed by atoms with Gasteiger partial charge in [-0.2, -0.15) is 0 Å². The van der Waals surface area contributed by atoms with Gasteiger partial charge in [-0.1, -0.05) is 31.2 Å². The molecule has 0 radical (unpaired) electrons. The van der Waals surface area contributed by atoms with Gasteiger partial charge in [-0.25, -0.2) is 4.79 Å². The van der Waals surface area contributed by atoms with Crippen molar-refractivity contribution in [1.82, 2.24) is 5.32 Å². The summed E-state index contributed by atoms with van der Waals surface area (Å²) in [5, 5.41) is 14.5. The molecule has 2 rings (SSSR count). The van der Waals surface area contributed by atoms with Gasteiger partial charge < -0.3 is 20.5 Å². The second-order valence-corrected chi connectivity index (χ2v) is 4.83. The van der Waals surface area contributed by atoms with Crippen molar-refractivity contribution >= 4 is 11.7 Å². The second-order valence-electron chi connectivity index (χ2n) is 4.83. The Morgan fingerprint density at radius 1 is 1.14 bits per heavy atom. The van der Waals surface area contributed by atoms with Crippen LogP contribution in [-0.4, -0.2) is 23.8 Å². The summed E-state index contributed by atoms with van der Waals surface area (Å²) in [7, 11) is 0. The first-order chi connectivity index (χ1) is 10.7. The fourth-order valence-electron chi connectivity index (χ4n) is 1.89. The number of benzene rings is 2. The highest BCUT2D eigenvalue weighted by atomic mass is 16.5. The number of nitrogens with one attached hydrogen (secondary N) is 2. The van der Waals surface area contributed by atoms with Crippen LogP contribution in [0, 0.1) is 0 Å². The van der Waals surface area contributed by atoms with Crippen LogP contribution in [0.4, 0.5) is 10.5 Å². The lowest BCUT2D eigenvalue weighted by atomic mass is 10.2. The van der Waals surface area contributed by atoms with Crippen molar-refractivity contribution < 1.29 is 14.6 Å². The van der Waals surface area contributed by atoms with Gasteiger partial charge in [0.25, 0.3) is 0 Å². The molecule has 5 heteroatoms. The van der Waals surface area contributed by atoms with Crippen molar-refractivity contribution in [1.29, 1.82) is 0 Å². The normalized spacial score (nSPS) is 11.5. The fraction of sp³-hybridized carbons (Fsp3) is 0.235. The maximum Gasteiger partial charge on any atom is 0.319 e. The molecule has 22 heavy (non-hydrogen) atoms. The molecule has 2 aromatic carbocycles. The van der Waals surface area contributed by atoms with Crippen molar-refractivity contribution in [3.8, 4) is 11.5 Å². The monoisotopic (exact) mass is 300 g/mol. The van der Waals surface area contributed by atoms with E-state index in [2.05, 4.69) is 10.6 Å². The second kappa shape index (κ2) is 8.05. The highest BCUT2D eigenvalue weighted by molar-refractivity contribution is 5.89. The largest absolute Gasteiger partial charge is 0.457 e. The van der Waals surface area contributed by atoms with Crippen molar-refractivity contribution in [3.05, 3.63) is 54.6 Å². The van der Waals surface area contributed by atoms with E-state index in [0.29, 0.717) is 17.9 Å². The topological polar surface area (TPSA) is 70.6 Å². The number of rotatable bonds is 6. The minimum Gasteiger partial charge on any atom is -0.457 e. The number of aliphatic hydroxyl groups is 1. The van der Waals surface area contributed by atoms with E-state index in [4.69, 9.17) is 9.84 Å². The van der Waals surface area contributed by atoms with Crippen molar-refractivity contribution in [3.63, 3.8) is 0 Å². The predicted molar refractivity (Wildman–Crippen MR) is 86.3 cm³/mol. The number of anilines is 1. The molecule has 0 heterocycles. The van der Waals surface area contributed by atoms with Crippen LogP contribution in [-0.2, 0) is 0 Å². The van der Waals surface area contributed by atoms with Crippen molar-refractivity contribution in [2.24, 2.45) is 0 Å². The highest BCUT2D eigenvalue weighted by Crippen LogP contribution is 2.23. The van der Waals surface area contributed by atoms with Gasteiger partial charge in [0.05, 0.1) is 12.6 Å². The van der Waals surface area contributed by atoms with E-state index in [1.54, 1.807) is 18.2 Å². The molecule has 1 atom stereocenters. The van der Waals surface area contributed by atoms with Gasteiger partial charge in [0, 0.05) is 11.8 Å². The first kappa shape index (κ1) is 15.9. The Balaban J connectivity index is 1.98. The summed E-state index contributed by atoms with van der Waals surface area (Å²) in [6.07, 6.45) is 0.668. The number of amides is 2. The van der Waals surface area contributed by atoms with Crippen LogP contribution >= 0.6 is 0 Å². The molecule has 116 valence electrons. The molecule has 0 saturated heterocycles. The summed E-state index contributed by atoms with van der Waals surface area (Å²) in [5.74, 6) is 1.37. The van der Waals surface area contributed by atoms with E-state index in [-0.39, 0.29) is 18.7 Å². The number of hydrogen-bond donors (Lipinski definition) is 3. The first-order valence-corrected chi connectivity index (χ1v) is 7.22. The molecule has 2 aromatic rings. The van der Waals surface area contributed by atoms with Gasteiger partial charge in [0.15, 0.2) is 0 Å². The number of hydrogen-bond acceptors (Lipinski definition) is 3. The zero-order valence-corrected chi connectivity index (χ0v) is 12.5. The Bertz CT molecular complexity index is 598. The van der Waals surface area contributed by atoms with E-state index in [1.807, 2.05) is 43.3 Å². The Morgan fingerprint density at radius 2 is 1.86 bits per heavy atom. The summed E-state index contributed by atoms with van der Waals surface area (Å²) in [5.41, 5.74) is 0.624. The Labute approximate surface area is 129 Å². The van der Waals surface area contributed by atoms with Crippen LogP contribution in [0.25, 0.3) is 0 Å². The van der Waals surface area contributed by atoms with Gasteiger partial charge >= 0.3 is 6.03 Å². The summed E-state index contributed by atoms with van der Waals surface area (Å²) in [6, 6.07) is 16.0. The van der Waals surface area contributed by atoms with Crippen molar-refractivity contribution in [2.75, 3.05) is 11.9 Å². The number of aliphatic hydroxyl groups excluding tert-OH is 1. The van der Waals surface area contributed by atoms with E-state index in [1.165, 1.54) is 0 Å². The lowest BCUT2D eigenvalue weighted by molar-refractivity contribution is 0.222. The van der Waals surface area contributed by atoms with Crippen LogP contribution in [0.3, 0.4) is 0 Å². The molecular weight excluding hydrogens is 280 g/mol. The van der Waals surface area contributed by atoms with Crippen LogP contribution in [0.5, 0.6) is 11.5 Å². The van der Waals surface area contributed by atoms with Crippen LogP contribution in [0.15, 0.2) is 54.6 Å². The number of carbonyl (C=O) groups excluding carboxylic acids is 1. The molecule has 0 aromatic heterocycles. The molecule has 0 fully saturated rings. The number of para-hydroxylation sites is 1. The minimum atomic E-state index is -0.349. The Morgan fingerprint density at radius 3 is 2.55 bits per heavy atom. The Kier molecular flexibility index (Phi) is 5.80. The van der Waals surface area contributed by atoms with Gasteiger partial charge in [-0.3, -0.25) is 0 Å². The Hall–Kier alpha value is -2.53. The summed E-state index contributed by atoms with van der Waals surface area (Å²) >= 11 is 0. The van der Waals surface area contributed by atoms with E-state index >= 15 is 0 Å². The molecule has 0 saturated carbocycles. The van der Waals surface area contributed by atoms with E-state index < -0.39 is 0 Å². The number of carbonyl (C=O) groups is 1. The first-order valence-electron chi connectivity index (χ1n) is 7.22. The van der Waals surface area contributed by atoms with Crippen LogP contribution < -0.4 is 15.4 Å². The molecule has 0 spiro atoms. The van der Waals surface area contributed by atoms with Crippen LogP contribution in [0.1, 0.15) is 13.3 Å². The molecule has 0 aliphatic carbocycles. The standard InChI is InChI=1S/C17H20N2O3/c1-2-13(12-20)18-17(21)19-14-7-6-10-16(11-14)22-15-8-4-3-5-9-15/h3-11,13,20H,2,12H2,1H3,(H2,18,19,21). The van der Waals surface area contributed by atoms with Gasteiger partial charge in [0.2, 0.25) is 0 Å². The molecule has 1 unspecified atom stereocenters. The lowest BCUT2D eigenvalue weighted by Crippen LogP contribution is -2.39. The summed E-state index contributed by atoms with van der Waals surface area (Å²) < 4.78 is 5.71. The van der Waals surface area contributed by atoms with Crippen LogP contribution in [0.2, 0.25) is 0 Å². The SMILES string of the molecule is CCC(CO)NC(=O)Nc1cccc(Oc2ccccc2)c1. The third kappa shape index (κ3) is 4.79. The summed E-state index contributed by atoms with van der Waals surface area (Å²) in [6.45, 7) is 1.82.